The minimum absolute atomic E-state index is 0.0454. The summed E-state index contributed by atoms with van der Waals surface area (Å²) in [4.78, 5) is 15.1. The van der Waals surface area contributed by atoms with Crippen molar-refractivity contribution in [2.24, 2.45) is 5.92 Å². The smallest absolute Gasteiger partial charge is 0.257 e. The van der Waals surface area contributed by atoms with Crippen molar-refractivity contribution in [3.8, 4) is 0 Å². The van der Waals surface area contributed by atoms with E-state index in [1.165, 1.54) is 6.42 Å². The monoisotopic (exact) mass is 324 g/mol. The third-order valence-electron chi connectivity index (χ3n) is 5.06. The summed E-state index contributed by atoms with van der Waals surface area (Å²) >= 11 is 0. The highest BCUT2D eigenvalue weighted by molar-refractivity contribution is 5.87. The zero-order chi connectivity index (χ0) is 17.5. The second-order valence-electron chi connectivity index (χ2n) is 9.23. The van der Waals surface area contributed by atoms with E-state index < -0.39 is 5.60 Å². The van der Waals surface area contributed by atoms with Gasteiger partial charge >= 0.3 is 0 Å². The highest BCUT2D eigenvalue weighted by Gasteiger charge is 2.59. The number of rotatable bonds is 5. The second kappa shape index (κ2) is 6.36. The van der Waals surface area contributed by atoms with E-state index in [0.717, 1.165) is 32.2 Å². The molecule has 1 spiro atoms. The lowest BCUT2D eigenvalue weighted by atomic mass is 9.72. The zero-order valence-corrected chi connectivity index (χ0v) is 16.2. The number of nitrogens with one attached hydrogen (secondary N) is 1. The molecule has 1 amide bonds. The molecule has 1 atom stereocenters. The molecular weight excluding hydrogens is 288 g/mol. The SMILES string of the molecule is CCN1C(=O)C2(CC(C)(C)NC(C)(C)C2)OC1CCCC(C)C. The van der Waals surface area contributed by atoms with Crippen LogP contribution in [0.3, 0.4) is 0 Å². The molecule has 4 nitrogen and oxygen atoms in total. The van der Waals surface area contributed by atoms with Crippen LogP contribution in [0.1, 0.15) is 80.6 Å². The third kappa shape index (κ3) is 4.08. The molecule has 0 aromatic heterocycles. The molecule has 1 unspecified atom stereocenters. The Morgan fingerprint density at radius 2 is 1.78 bits per heavy atom. The summed E-state index contributed by atoms with van der Waals surface area (Å²) in [6.45, 7) is 16.0. The molecule has 4 heteroatoms. The van der Waals surface area contributed by atoms with E-state index in [0.29, 0.717) is 5.92 Å². The van der Waals surface area contributed by atoms with Crippen molar-refractivity contribution in [3.05, 3.63) is 0 Å². The molecule has 2 heterocycles. The number of likely N-dealkylation sites (N-methyl/N-ethyl adjacent to an activating group) is 1. The Kier molecular flexibility index (Phi) is 5.18. The van der Waals surface area contributed by atoms with Crippen molar-refractivity contribution in [3.63, 3.8) is 0 Å². The van der Waals surface area contributed by atoms with Gasteiger partial charge in [0.1, 0.15) is 6.23 Å². The van der Waals surface area contributed by atoms with Crippen LogP contribution in [0.5, 0.6) is 0 Å². The first-order valence-electron chi connectivity index (χ1n) is 9.28. The number of carbonyl (C=O) groups is 1. The van der Waals surface area contributed by atoms with Gasteiger partial charge in [-0.1, -0.05) is 20.3 Å². The van der Waals surface area contributed by atoms with E-state index in [1.807, 2.05) is 4.90 Å². The lowest BCUT2D eigenvalue weighted by Gasteiger charge is -2.49. The van der Waals surface area contributed by atoms with E-state index in [1.54, 1.807) is 0 Å². The van der Waals surface area contributed by atoms with Crippen LogP contribution in [-0.2, 0) is 9.53 Å². The van der Waals surface area contributed by atoms with Gasteiger partial charge in [-0.05, 0) is 53.4 Å². The lowest BCUT2D eigenvalue weighted by Crippen LogP contribution is -2.65. The van der Waals surface area contributed by atoms with Crippen molar-refractivity contribution in [1.29, 1.82) is 0 Å². The van der Waals surface area contributed by atoms with Gasteiger partial charge in [-0.3, -0.25) is 4.79 Å². The molecule has 0 saturated carbocycles. The van der Waals surface area contributed by atoms with E-state index >= 15 is 0 Å². The summed E-state index contributed by atoms with van der Waals surface area (Å²) < 4.78 is 6.50. The van der Waals surface area contributed by atoms with Crippen LogP contribution in [0.2, 0.25) is 0 Å². The summed E-state index contributed by atoms with van der Waals surface area (Å²) in [6.07, 6.45) is 4.72. The van der Waals surface area contributed by atoms with Crippen molar-refractivity contribution in [2.75, 3.05) is 6.54 Å². The van der Waals surface area contributed by atoms with Gasteiger partial charge in [-0.15, -0.1) is 0 Å². The fourth-order valence-electron chi connectivity index (χ4n) is 4.76. The summed E-state index contributed by atoms with van der Waals surface area (Å²) in [5, 5.41) is 3.66. The maximum atomic E-state index is 13.2. The molecule has 2 saturated heterocycles. The van der Waals surface area contributed by atoms with Crippen molar-refractivity contribution >= 4 is 5.91 Å². The Hall–Kier alpha value is -0.610. The molecule has 2 aliphatic rings. The molecule has 0 bridgehead atoms. The Morgan fingerprint density at radius 3 is 2.26 bits per heavy atom. The minimum Gasteiger partial charge on any atom is -0.342 e. The molecular formula is C19H36N2O2. The predicted octanol–water partition coefficient (Wildman–Crippen LogP) is 3.70. The maximum absolute atomic E-state index is 13.2. The van der Waals surface area contributed by atoms with Gasteiger partial charge in [-0.2, -0.15) is 0 Å². The molecule has 2 aliphatic heterocycles. The molecule has 0 aliphatic carbocycles. The van der Waals surface area contributed by atoms with Crippen LogP contribution in [0, 0.1) is 5.92 Å². The van der Waals surface area contributed by atoms with Gasteiger partial charge in [0.15, 0.2) is 5.60 Å². The van der Waals surface area contributed by atoms with Crippen molar-refractivity contribution < 1.29 is 9.53 Å². The summed E-state index contributed by atoms with van der Waals surface area (Å²) in [6, 6.07) is 0. The van der Waals surface area contributed by atoms with Crippen LogP contribution in [0.4, 0.5) is 0 Å². The normalized spacial score (nSPS) is 28.8. The Balaban J connectivity index is 2.17. The number of hydrogen-bond donors (Lipinski definition) is 1. The summed E-state index contributed by atoms with van der Waals surface area (Å²) in [5.41, 5.74) is -0.829. The average Bonchev–Trinajstić information content (AvgIpc) is 2.57. The van der Waals surface area contributed by atoms with Crippen LogP contribution in [0.25, 0.3) is 0 Å². The van der Waals surface area contributed by atoms with Gasteiger partial charge in [0, 0.05) is 30.5 Å². The standard InChI is InChI=1S/C19H36N2O2/c1-8-21-15(11-9-10-14(2)3)23-19(16(21)22)12-17(4,5)20-18(6,7)13-19/h14-15,20H,8-13H2,1-7H3. The van der Waals surface area contributed by atoms with Crippen molar-refractivity contribution in [2.45, 2.75) is 103 Å². The van der Waals surface area contributed by atoms with Gasteiger partial charge in [0.25, 0.3) is 5.91 Å². The minimum atomic E-state index is -0.642. The van der Waals surface area contributed by atoms with Crippen LogP contribution < -0.4 is 5.32 Å². The van der Waals surface area contributed by atoms with Crippen LogP contribution in [0.15, 0.2) is 0 Å². The second-order valence-corrected chi connectivity index (χ2v) is 9.23. The Labute approximate surface area is 142 Å². The topological polar surface area (TPSA) is 41.6 Å². The highest BCUT2D eigenvalue weighted by atomic mass is 16.5. The van der Waals surface area contributed by atoms with E-state index in [-0.39, 0.29) is 23.2 Å². The number of nitrogens with zero attached hydrogens (tertiary/aromatic N) is 1. The Morgan fingerprint density at radius 1 is 1.22 bits per heavy atom. The number of carbonyl (C=O) groups excluding carboxylic acids is 1. The van der Waals surface area contributed by atoms with E-state index in [4.69, 9.17) is 4.74 Å². The van der Waals surface area contributed by atoms with E-state index in [9.17, 15) is 4.79 Å². The van der Waals surface area contributed by atoms with Gasteiger partial charge in [0.2, 0.25) is 0 Å². The number of piperidine rings is 1. The number of ether oxygens (including phenoxy) is 1. The highest BCUT2D eigenvalue weighted by Crippen LogP contribution is 2.45. The molecule has 0 aromatic carbocycles. The first-order chi connectivity index (χ1) is 10.5. The molecule has 2 fully saturated rings. The zero-order valence-electron chi connectivity index (χ0n) is 16.2. The molecule has 1 N–H and O–H groups in total. The fourth-order valence-corrected chi connectivity index (χ4v) is 4.76. The Bertz CT molecular complexity index is 427. The maximum Gasteiger partial charge on any atom is 0.257 e. The van der Waals surface area contributed by atoms with Gasteiger partial charge in [-0.25, -0.2) is 0 Å². The largest absolute Gasteiger partial charge is 0.342 e. The fraction of sp³-hybridized carbons (Fsp3) is 0.947. The van der Waals surface area contributed by atoms with E-state index in [2.05, 4.69) is 53.8 Å². The molecule has 23 heavy (non-hydrogen) atoms. The molecule has 2 rings (SSSR count). The first kappa shape index (κ1) is 18.7. The average molecular weight is 325 g/mol. The number of hydrogen-bond acceptors (Lipinski definition) is 3. The molecule has 0 aromatic rings. The predicted molar refractivity (Wildman–Crippen MR) is 94.2 cm³/mol. The summed E-state index contributed by atoms with van der Waals surface area (Å²) in [7, 11) is 0. The third-order valence-corrected chi connectivity index (χ3v) is 5.06. The van der Waals surface area contributed by atoms with Crippen molar-refractivity contribution in [1.82, 2.24) is 10.2 Å². The van der Waals surface area contributed by atoms with Gasteiger partial charge < -0.3 is 15.0 Å². The van der Waals surface area contributed by atoms with Crippen LogP contribution in [-0.4, -0.2) is 40.3 Å². The molecule has 0 radical (unpaired) electrons. The lowest BCUT2D eigenvalue weighted by molar-refractivity contribution is -0.147. The van der Waals surface area contributed by atoms with Crippen LogP contribution >= 0.6 is 0 Å². The molecule has 134 valence electrons. The first-order valence-corrected chi connectivity index (χ1v) is 9.28. The number of amides is 1. The summed E-state index contributed by atoms with van der Waals surface area (Å²) in [5.74, 6) is 0.907. The van der Waals surface area contributed by atoms with Gasteiger partial charge in [0.05, 0.1) is 0 Å². The quantitative estimate of drug-likeness (QED) is 0.838.